The Kier molecular flexibility index (Phi) is 1.66. The molecule has 1 aliphatic carbocycles. The van der Waals surface area contributed by atoms with Gasteiger partial charge in [0, 0.05) is 12.6 Å². The van der Waals surface area contributed by atoms with Crippen LogP contribution in [0, 0.1) is 5.92 Å². The van der Waals surface area contributed by atoms with E-state index in [1.807, 2.05) is 12.1 Å². The van der Waals surface area contributed by atoms with Crippen LogP contribution in [0.4, 0.5) is 11.5 Å². The number of pyridine rings is 1. The third-order valence-electron chi connectivity index (χ3n) is 3.47. The van der Waals surface area contributed by atoms with Crippen LogP contribution in [0.15, 0.2) is 18.3 Å². The molecule has 3 rings (SSSR count). The number of nitrogen functional groups attached to an aromatic ring is 1. The van der Waals surface area contributed by atoms with Crippen LogP contribution in [0.5, 0.6) is 0 Å². The molecule has 1 aromatic rings. The maximum atomic E-state index is 5.62. The molecule has 2 bridgehead atoms. The molecule has 0 radical (unpaired) electrons. The molecule has 2 aliphatic rings. The summed E-state index contributed by atoms with van der Waals surface area (Å²) in [6.45, 7) is 1.20. The van der Waals surface area contributed by atoms with Crippen molar-refractivity contribution in [3.63, 3.8) is 0 Å². The largest absolute Gasteiger partial charge is 0.397 e. The predicted molar refractivity (Wildman–Crippen MR) is 57.1 cm³/mol. The van der Waals surface area contributed by atoms with Crippen molar-refractivity contribution in [2.75, 3.05) is 17.2 Å². The Bertz CT molecular complexity index is 333. The zero-order valence-corrected chi connectivity index (χ0v) is 8.19. The molecule has 1 saturated heterocycles. The number of nitrogens with zero attached hydrogens (tertiary/aromatic N) is 2. The van der Waals surface area contributed by atoms with E-state index in [1.165, 1.54) is 25.8 Å². The topological polar surface area (TPSA) is 42.1 Å². The Hall–Kier alpha value is -1.25. The highest BCUT2D eigenvalue weighted by Crippen LogP contribution is 2.39. The van der Waals surface area contributed by atoms with Gasteiger partial charge >= 0.3 is 0 Å². The molecule has 0 unspecified atom stereocenters. The van der Waals surface area contributed by atoms with E-state index in [9.17, 15) is 0 Å². The van der Waals surface area contributed by atoms with Crippen LogP contribution < -0.4 is 10.6 Å². The third kappa shape index (κ3) is 1.15. The van der Waals surface area contributed by atoms with Crippen molar-refractivity contribution in [2.45, 2.75) is 25.3 Å². The minimum absolute atomic E-state index is 0.746. The van der Waals surface area contributed by atoms with Crippen molar-refractivity contribution in [3.8, 4) is 0 Å². The number of anilines is 2. The molecule has 2 heterocycles. The van der Waals surface area contributed by atoms with Crippen LogP contribution in [0.1, 0.15) is 19.3 Å². The van der Waals surface area contributed by atoms with Crippen LogP contribution in [0.25, 0.3) is 0 Å². The van der Waals surface area contributed by atoms with Crippen molar-refractivity contribution in [3.05, 3.63) is 18.3 Å². The molecule has 3 heteroatoms. The minimum atomic E-state index is 0.746. The standard InChI is InChI=1S/C11H15N3/c12-9-2-4-11(13-6-9)14-7-8-1-3-10(14)5-8/h2,4,6,8,10H,1,3,5,7,12H2/t8-,10+/m0/s1. The molecule has 74 valence electrons. The SMILES string of the molecule is Nc1ccc(N2C[C@H]3CC[C@@H]2C3)nc1. The maximum absolute atomic E-state index is 5.62. The lowest BCUT2D eigenvalue weighted by molar-refractivity contribution is 0.550. The monoisotopic (exact) mass is 189 g/mol. The lowest BCUT2D eigenvalue weighted by Gasteiger charge is -2.27. The summed E-state index contributed by atoms with van der Waals surface area (Å²) in [5.41, 5.74) is 6.37. The molecule has 1 saturated carbocycles. The minimum Gasteiger partial charge on any atom is -0.397 e. The van der Waals surface area contributed by atoms with Crippen molar-refractivity contribution < 1.29 is 0 Å². The van der Waals surface area contributed by atoms with Crippen LogP contribution in [-0.4, -0.2) is 17.6 Å². The first kappa shape index (κ1) is 8.09. The van der Waals surface area contributed by atoms with Gasteiger partial charge in [-0.25, -0.2) is 4.98 Å². The van der Waals surface area contributed by atoms with Gasteiger partial charge in [0.1, 0.15) is 5.82 Å². The molecule has 1 aliphatic heterocycles. The average molecular weight is 189 g/mol. The summed E-state index contributed by atoms with van der Waals surface area (Å²) in [6, 6.07) is 4.72. The first-order valence-corrected chi connectivity index (χ1v) is 5.31. The summed E-state index contributed by atoms with van der Waals surface area (Å²) < 4.78 is 0. The summed E-state index contributed by atoms with van der Waals surface area (Å²) >= 11 is 0. The Balaban J connectivity index is 1.86. The lowest BCUT2D eigenvalue weighted by Crippen LogP contribution is -2.32. The van der Waals surface area contributed by atoms with Crippen LogP contribution in [0.3, 0.4) is 0 Å². The van der Waals surface area contributed by atoms with Gasteiger partial charge < -0.3 is 10.6 Å². The Labute approximate surface area is 83.9 Å². The van der Waals surface area contributed by atoms with Crippen LogP contribution in [0.2, 0.25) is 0 Å². The number of piperidine rings is 1. The average Bonchev–Trinajstić information content (AvgIpc) is 2.80. The van der Waals surface area contributed by atoms with E-state index in [0.717, 1.165) is 23.5 Å². The second-order valence-corrected chi connectivity index (χ2v) is 4.43. The number of rotatable bonds is 1. The van der Waals surface area contributed by atoms with Gasteiger partial charge in [-0.1, -0.05) is 0 Å². The van der Waals surface area contributed by atoms with Crippen LogP contribution in [-0.2, 0) is 0 Å². The number of nitrogens with two attached hydrogens (primary N) is 1. The highest BCUT2D eigenvalue weighted by molar-refractivity contribution is 5.47. The molecule has 0 spiro atoms. The van der Waals surface area contributed by atoms with E-state index < -0.39 is 0 Å². The Morgan fingerprint density at radius 2 is 2.29 bits per heavy atom. The lowest BCUT2D eigenvalue weighted by atomic mass is 10.1. The quantitative estimate of drug-likeness (QED) is 0.730. The Morgan fingerprint density at radius 1 is 1.36 bits per heavy atom. The van der Waals surface area contributed by atoms with E-state index in [-0.39, 0.29) is 0 Å². The van der Waals surface area contributed by atoms with E-state index >= 15 is 0 Å². The molecule has 2 fully saturated rings. The van der Waals surface area contributed by atoms with Crippen LogP contribution >= 0.6 is 0 Å². The van der Waals surface area contributed by atoms with Gasteiger partial charge in [-0.3, -0.25) is 0 Å². The van der Waals surface area contributed by atoms with Gasteiger partial charge in [-0.05, 0) is 37.3 Å². The fourth-order valence-corrected chi connectivity index (χ4v) is 2.77. The first-order chi connectivity index (χ1) is 6.83. The van der Waals surface area contributed by atoms with E-state index in [0.29, 0.717) is 0 Å². The molecule has 14 heavy (non-hydrogen) atoms. The van der Waals surface area contributed by atoms with E-state index in [4.69, 9.17) is 5.73 Å². The second-order valence-electron chi connectivity index (χ2n) is 4.43. The summed E-state index contributed by atoms with van der Waals surface area (Å²) in [6.07, 6.45) is 5.88. The smallest absolute Gasteiger partial charge is 0.128 e. The highest BCUT2D eigenvalue weighted by Gasteiger charge is 2.38. The predicted octanol–water partition coefficient (Wildman–Crippen LogP) is 1.65. The maximum Gasteiger partial charge on any atom is 0.128 e. The second kappa shape index (κ2) is 2.87. The number of hydrogen-bond donors (Lipinski definition) is 1. The van der Waals surface area contributed by atoms with Crippen molar-refractivity contribution in [1.29, 1.82) is 0 Å². The number of hydrogen-bond acceptors (Lipinski definition) is 3. The molecular weight excluding hydrogens is 174 g/mol. The zero-order chi connectivity index (χ0) is 9.54. The number of fused-ring (bicyclic) bond motifs is 2. The normalized spacial score (nSPS) is 29.9. The van der Waals surface area contributed by atoms with Gasteiger partial charge in [0.05, 0.1) is 11.9 Å². The molecule has 0 amide bonds. The fourth-order valence-electron chi connectivity index (χ4n) is 2.77. The molecule has 0 aromatic carbocycles. The van der Waals surface area contributed by atoms with Crippen molar-refractivity contribution >= 4 is 11.5 Å². The summed E-state index contributed by atoms with van der Waals surface area (Å²) in [4.78, 5) is 6.82. The van der Waals surface area contributed by atoms with Crippen molar-refractivity contribution in [1.82, 2.24) is 4.98 Å². The zero-order valence-electron chi connectivity index (χ0n) is 8.19. The van der Waals surface area contributed by atoms with Gasteiger partial charge in [0.2, 0.25) is 0 Å². The van der Waals surface area contributed by atoms with E-state index in [2.05, 4.69) is 9.88 Å². The molecule has 2 atom stereocenters. The summed E-state index contributed by atoms with van der Waals surface area (Å²) in [7, 11) is 0. The highest BCUT2D eigenvalue weighted by atomic mass is 15.2. The number of aromatic nitrogens is 1. The molecule has 3 nitrogen and oxygen atoms in total. The third-order valence-corrected chi connectivity index (χ3v) is 3.47. The summed E-state index contributed by atoms with van der Waals surface area (Å²) in [5.74, 6) is 2.02. The van der Waals surface area contributed by atoms with Gasteiger partial charge in [-0.15, -0.1) is 0 Å². The van der Waals surface area contributed by atoms with Crippen molar-refractivity contribution in [2.24, 2.45) is 5.92 Å². The van der Waals surface area contributed by atoms with Gasteiger partial charge in [0.15, 0.2) is 0 Å². The fraction of sp³-hybridized carbons (Fsp3) is 0.545. The Morgan fingerprint density at radius 3 is 2.86 bits per heavy atom. The van der Waals surface area contributed by atoms with Gasteiger partial charge in [0.25, 0.3) is 0 Å². The summed E-state index contributed by atoms with van der Waals surface area (Å²) in [5, 5.41) is 0. The first-order valence-electron chi connectivity index (χ1n) is 5.31. The van der Waals surface area contributed by atoms with Gasteiger partial charge in [-0.2, -0.15) is 0 Å². The molecule has 1 aromatic heterocycles. The molecule has 2 N–H and O–H groups in total. The molecular formula is C11H15N3. The van der Waals surface area contributed by atoms with E-state index in [1.54, 1.807) is 6.20 Å².